The molecular formula is C15H30N2O6. The Bertz CT molecular complexity index is 407. The maximum atomic E-state index is 12.0. The van der Waals surface area contributed by atoms with E-state index in [1.54, 1.807) is 41.5 Å². The summed E-state index contributed by atoms with van der Waals surface area (Å²) in [6.45, 7) is 8.96. The van der Waals surface area contributed by atoms with Gasteiger partial charge in [0.25, 0.3) is 0 Å². The molecule has 0 radical (unpaired) electrons. The number of hydrogen-bond donors (Lipinski definition) is 3. The largest absolute Gasteiger partial charge is 0.444 e. The van der Waals surface area contributed by atoms with Gasteiger partial charge in [0.1, 0.15) is 16.7 Å². The number of nitrogens with one attached hydrogen (secondary N) is 1. The number of rotatable bonds is 5. The van der Waals surface area contributed by atoms with E-state index in [-0.39, 0.29) is 6.54 Å². The van der Waals surface area contributed by atoms with E-state index in [0.29, 0.717) is 0 Å². The maximum Gasteiger partial charge on any atom is 0.410 e. The first-order valence-corrected chi connectivity index (χ1v) is 7.40. The number of hydrogen-bond acceptors (Lipinski definition) is 6. The summed E-state index contributed by atoms with van der Waals surface area (Å²) in [5.41, 5.74) is -2.84. The number of nitrogens with zero attached hydrogens (tertiary/aromatic N) is 1. The molecule has 0 fully saturated rings. The van der Waals surface area contributed by atoms with Crippen LogP contribution in [0.3, 0.4) is 0 Å². The molecule has 0 heterocycles. The number of amides is 2. The zero-order valence-corrected chi connectivity index (χ0v) is 15.1. The predicted octanol–water partition coefficient (Wildman–Crippen LogP) is 1.10. The summed E-state index contributed by atoms with van der Waals surface area (Å²) in [6, 6.07) is 0. The van der Waals surface area contributed by atoms with E-state index in [2.05, 4.69) is 5.32 Å². The van der Waals surface area contributed by atoms with Gasteiger partial charge in [0.2, 0.25) is 0 Å². The smallest absolute Gasteiger partial charge is 0.410 e. The summed E-state index contributed by atoms with van der Waals surface area (Å²) in [5.74, 6) is 0. The van der Waals surface area contributed by atoms with Crippen LogP contribution < -0.4 is 5.32 Å². The van der Waals surface area contributed by atoms with Crippen molar-refractivity contribution in [3.05, 3.63) is 0 Å². The molecule has 0 saturated carbocycles. The van der Waals surface area contributed by atoms with Crippen LogP contribution in [0.4, 0.5) is 9.59 Å². The molecule has 3 N–H and O–H groups in total. The van der Waals surface area contributed by atoms with Crippen LogP contribution in [0, 0.1) is 0 Å². The summed E-state index contributed by atoms with van der Waals surface area (Å²) in [7, 11) is 1.45. The topological polar surface area (TPSA) is 108 Å². The molecule has 0 aromatic rings. The second kappa shape index (κ2) is 7.83. The van der Waals surface area contributed by atoms with Crippen LogP contribution in [0.25, 0.3) is 0 Å². The number of ether oxygens (including phenoxy) is 2. The average Bonchev–Trinajstić information content (AvgIpc) is 2.33. The molecule has 0 spiro atoms. The number of aliphatic hydroxyl groups excluding tert-OH is 2. The van der Waals surface area contributed by atoms with E-state index in [0.717, 1.165) is 0 Å². The Balaban J connectivity index is 4.95. The molecule has 0 bridgehead atoms. The van der Waals surface area contributed by atoms with Crippen LogP contribution in [-0.4, -0.2) is 70.8 Å². The molecule has 0 aliphatic rings. The van der Waals surface area contributed by atoms with Crippen LogP contribution in [0.2, 0.25) is 0 Å². The third-order valence-corrected chi connectivity index (χ3v) is 2.62. The standard InChI is InChI=1S/C15H30N2O6/c1-13(2,3)22-11(20)16-15(9-18,10-19)8-17(7)12(21)23-14(4,5)6/h18-19H,8-10H2,1-7H3,(H,16,20). The highest BCUT2D eigenvalue weighted by molar-refractivity contribution is 5.70. The van der Waals surface area contributed by atoms with Gasteiger partial charge < -0.3 is 29.9 Å². The van der Waals surface area contributed by atoms with Gasteiger partial charge in [-0.05, 0) is 41.5 Å². The second-order valence-electron chi connectivity index (χ2n) is 7.56. The van der Waals surface area contributed by atoms with E-state index in [1.807, 2.05) is 0 Å². The summed E-state index contributed by atoms with van der Waals surface area (Å²) in [4.78, 5) is 25.0. The minimum Gasteiger partial charge on any atom is -0.444 e. The fourth-order valence-corrected chi connectivity index (χ4v) is 1.65. The van der Waals surface area contributed by atoms with E-state index in [1.165, 1.54) is 11.9 Å². The highest BCUT2D eigenvalue weighted by Gasteiger charge is 2.36. The molecule has 8 nitrogen and oxygen atoms in total. The first-order valence-electron chi connectivity index (χ1n) is 7.40. The van der Waals surface area contributed by atoms with Gasteiger partial charge in [-0.3, -0.25) is 0 Å². The third-order valence-electron chi connectivity index (χ3n) is 2.62. The zero-order valence-electron chi connectivity index (χ0n) is 15.1. The first kappa shape index (κ1) is 21.5. The molecule has 2 amide bonds. The molecular weight excluding hydrogens is 304 g/mol. The van der Waals surface area contributed by atoms with Crippen molar-refractivity contribution >= 4 is 12.2 Å². The molecule has 8 heteroatoms. The van der Waals surface area contributed by atoms with Crippen LogP contribution in [-0.2, 0) is 9.47 Å². The van der Waals surface area contributed by atoms with E-state index < -0.39 is 42.1 Å². The van der Waals surface area contributed by atoms with Gasteiger partial charge in [-0.15, -0.1) is 0 Å². The van der Waals surface area contributed by atoms with Gasteiger partial charge in [-0.25, -0.2) is 9.59 Å². The van der Waals surface area contributed by atoms with Crippen molar-refractivity contribution in [1.29, 1.82) is 0 Å². The molecule has 136 valence electrons. The van der Waals surface area contributed by atoms with Gasteiger partial charge >= 0.3 is 12.2 Å². The van der Waals surface area contributed by atoms with Gasteiger partial charge in [-0.2, -0.15) is 0 Å². The van der Waals surface area contributed by atoms with Crippen molar-refractivity contribution in [2.24, 2.45) is 0 Å². The van der Waals surface area contributed by atoms with Crippen LogP contribution >= 0.6 is 0 Å². The van der Waals surface area contributed by atoms with Crippen molar-refractivity contribution < 1.29 is 29.3 Å². The van der Waals surface area contributed by atoms with E-state index in [9.17, 15) is 19.8 Å². The van der Waals surface area contributed by atoms with E-state index in [4.69, 9.17) is 9.47 Å². The lowest BCUT2D eigenvalue weighted by atomic mass is 10.0. The second-order valence-corrected chi connectivity index (χ2v) is 7.56. The summed E-state index contributed by atoms with van der Waals surface area (Å²) in [6.07, 6.45) is -1.42. The highest BCUT2D eigenvalue weighted by Crippen LogP contribution is 2.13. The lowest BCUT2D eigenvalue weighted by molar-refractivity contribution is 0.00487. The first-order chi connectivity index (χ1) is 10.2. The van der Waals surface area contributed by atoms with Crippen LogP contribution in [0.5, 0.6) is 0 Å². The number of alkyl carbamates (subject to hydrolysis) is 1. The fourth-order valence-electron chi connectivity index (χ4n) is 1.65. The van der Waals surface area contributed by atoms with Gasteiger partial charge in [-0.1, -0.05) is 0 Å². The zero-order chi connectivity index (χ0) is 18.5. The Kier molecular flexibility index (Phi) is 7.30. The van der Waals surface area contributed by atoms with Gasteiger partial charge in [0.05, 0.1) is 19.8 Å². The predicted molar refractivity (Wildman–Crippen MR) is 85.1 cm³/mol. The molecule has 0 aromatic carbocycles. The average molecular weight is 334 g/mol. The summed E-state index contributed by atoms with van der Waals surface area (Å²) >= 11 is 0. The lowest BCUT2D eigenvalue weighted by Gasteiger charge is -2.35. The molecule has 0 rings (SSSR count). The Morgan fingerprint density at radius 2 is 1.39 bits per heavy atom. The Labute approximate surface area is 137 Å². The summed E-state index contributed by atoms with van der Waals surface area (Å²) in [5, 5.41) is 21.6. The molecule has 0 aliphatic carbocycles. The number of likely N-dealkylation sites (N-methyl/N-ethyl adjacent to an activating group) is 1. The molecule has 0 aromatic heterocycles. The SMILES string of the molecule is CN(CC(CO)(CO)NC(=O)OC(C)(C)C)C(=O)OC(C)(C)C. The van der Waals surface area contributed by atoms with Crippen LogP contribution in [0.1, 0.15) is 41.5 Å². The minimum absolute atomic E-state index is 0.145. The monoisotopic (exact) mass is 334 g/mol. The highest BCUT2D eigenvalue weighted by atomic mass is 16.6. The molecule has 0 aliphatic heterocycles. The fraction of sp³-hybridized carbons (Fsp3) is 0.867. The van der Waals surface area contributed by atoms with Crippen LogP contribution in [0.15, 0.2) is 0 Å². The quantitative estimate of drug-likeness (QED) is 0.695. The van der Waals surface area contributed by atoms with Crippen molar-refractivity contribution in [2.45, 2.75) is 58.3 Å². The molecule has 0 saturated heterocycles. The van der Waals surface area contributed by atoms with E-state index >= 15 is 0 Å². The number of aliphatic hydroxyl groups is 2. The Hall–Kier alpha value is -1.54. The molecule has 0 unspecified atom stereocenters. The summed E-state index contributed by atoms with van der Waals surface area (Å²) < 4.78 is 10.3. The Morgan fingerprint density at radius 1 is 0.957 bits per heavy atom. The van der Waals surface area contributed by atoms with Gasteiger partial charge in [0.15, 0.2) is 0 Å². The van der Waals surface area contributed by atoms with Crippen molar-refractivity contribution in [3.8, 4) is 0 Å². The van der Waals surface area contributed by atoms with Gasteiger partial charge in [0, 0.05) is 7.05 Å². The normalized spacial score (nSPS) is 12.6. The lowest BCUT2D eigenvalue weighted by Crippen LogP contribution is -2.61. The van der Waals surface area contributed by atoms with Crippen molar-refractivity contribution in [1.82, 2.24) is 10.2 Å². The molecule has 23 heavy (non-hydrogen) atoms. The van der Waals surface area contributed by atoms with Crippen molar-refractivity contribution in [3.63, 3.8) is 0 Å². The number of carbonyl (C=O) groups excluding carboxylic acids is 2. The number of carbonyl (C=O) groups is 2. The minimum atomic E-state index is -1.44. The van der Waals surface area contributed by atoms with Crippen molar-refractivity contribution in [2.75, 3.05) is 26.8 Å². The Morgan fingerprint density at radius 3 is 1.74 bits per heavy atom. The third kappa shape index (κ3) is 8.61. The maximum absolute atomic E-state index is 12.0. The molecule has 0 atom stereocenters.